The highest BCUT2D eigenvalue weighted by Crippen LogP contribution is 2.44. The van der Waals surface area contributed by atoms with Gasteiger partial charge in [0.05, 0.1) is 16.1 Å². The van der Waals surface area contributed by atoms with Crippen LogP contribution in [0.5, 0.6) is 11.5 Å². The van der Waals surface area contributed by atoms with E-state index in [1.54, 1.807) is 18.2 Å². The summed E-state index contributed by atoms with van der Waals surface area (Å²) in [6, 6.07) is 12.6. The molecule has 168 valence electrons. The zero-order chi connectivity index (χ0) is 23.1. The van der Waals surface area contributed by atoms with Crippen molar-refractivity contribution in [2.45, 2.75) is 19.9 Å². The first kappa shape index (κ1) is 21.6. The summed E-state index contributed by atoms with van der Waals surface area (Å²) in [5.41, 5.74) is 3.10. The monoisotopic (exact) mass is 467 g/mol. The molecular formula is C26H20ClF2NO3. The number of fused-ring (bicyclic) bond motifs is 3. The summed E-state index contributed by atoms with van der Waals surface area (Å²) < 4.78 is 39.3. The number of hydrogen-bond donors (Lipinski definition) is 0. The van der Waals surface area contributed by atoms with Crippen LogP contribution >= 0.6 is 11.6 Å². The molecule has 0 amide bonds. The summed E-state index contributed by atoms with van der Waals surface area (Å²) >= 11 is 6.13. The van der Waals surface area contributed by atoms with Gasteiger partial charge >= 0.3 is 0 Å². The van der Waals surface area contributed by atoms with E-state index in [1.807, 2.05) is 13.0 Å². The summed E-state index contributed by atoms with van der Waals surface area (Å²) in [4.78, 5) is 15.2. The van der Waals surface area contributed by atoms with Crippen LogP contribution < -0.4 is 9.47 Å². The molecule has 3 aromatic rings. The van der Waals surface area contributed by atoms with E-state index in [0.717, 1.165) is 23.1 Å². The molecule has 0 saturated carbocycles. The van der Waals surface area contributed by atoms with Gasteiger partial charge in [-0.1, -0.05) is 29.8 Å². The Bertz CT molecular complexity index is 1270. The fourth-order valence-electron chi connectivity index (χ4n) is 4.14. The zero-order valence-corrected chi connectivity index (χ0v) is 18.6. The first-order chi connectivity index (χ1) is 15.9. The Kier molecular flexibility index (Phi) is 5.64. The Labute approximate surface area is 195 Å². The van der Waals surface area contributed by atoms with E-state index in [0.29, 0.717) is 36.9 Å². The lowest BCUT2D eigenvalue weighted by Crippen LogP contribution is -2.33. The van der Waals surface area contributed by atoms with E-state index in [9.17, 15) is 13.6 Å². The molecule has 0 aliphatic carbocycles. The molecule has 0 spiro atoms. The van der Waals surface area contributed by atoms with Crippen LogP contribution in [0.4, 0.5) is 8.78 Å². The molecule has 0 atom stereocenters. The minimum absolute atomic E-state index is 0.0249. The third kappa shape index (κ3) is 4.12. The van der Waals surface area contributed by atoms with Crippen molar-refractivity contribution in [2.75, 3.05) is 13.3 Å². The van der Waals surface area contributed by atoms with Gasteiger partial charge in [-0.15, -0.1) is 0 Å². The number of allylic oxidation sites excluding steroid dienone is 1. The van der Waals surface area contributed by atoms with E-state index < -0.39 is 5.82 Å². The van der Waals surface area contributed by atoms with Crippen LogP contribution in [0.2, 0.25) is 5.02 Å². The Morgan fingerprint density at radius 2 is 1.94 bits per heavy atom. The zero-order valence-electron chi connectivity index (χ0n) is 17.8. The number of carbonyl (C=O) groups excluding carboxylic acids is 1. The fraction of sp³-hybridized carbons (Fsp3) is 0.192. The van der Waals surface area contributed by atoms with Crippen molar-refractivity contribution in [1.82, 2.24) is 4.90 Å². The van der Waals surface area contributed by atoms with Crippen LogP contribution in [-0.2, 0) is 13.0 Å². The summed E-state index contributed by atoms with van der Waals surface area (Å²) in [6.07, 6.45) is 2.07. The number of ketones is 1. The van der Waals surface area contributed by atoms with Gasteiger partial charge in [-0.3, -0.25) is 9.69 Å². The Balaban J connectivity index is 1.42. The average Bonchev–Trinajstić information content (AvgIpc) is 3.13. The highest BCUT2D eigenvalue weighted by molar-refractivity contribution is 6.32. The smallest absolute Gasteiger partial charge is 0.232 e. The molecule has 2 aliphatic heterocycles. The maximum absolute atomic E-state index is 14.3. The third-order valence-corrected chi connectivity index (χ3v) is 6.22. The predicted octanol–water partition coefficient (Wildman–Crippen LogP) is 5.94. The predicted molar refractivity (Wildman–Crippen MR) is 122 cm³/mol. The van der Waals surface area contributed by atoms with Gasteiger partial charge < -0.3 is 9.47 Å². The minimum Gasteiger partial charge on any atom is -0.478 e. The van der Waals surface area contributed by atoms with Crippen LogP contribution in [-0.4, -0.2) is 24.0 Å². The van der Waals surface area contributed by atoms with Gasteiger partial charge in [-0.05, 0) is 60.9 Å². The highest BCUT2D eigenvalue weighted by Gasteiger charge is 2.35. The topological polar surface area (TPSA) is 38.8 Å². The molecule has 0 aromatic heterocycles. The largest absolute Gasteiger partial charge is 0.478 e. The van der Waals surface area contributed by atoms with Gasteiger partial charge in [-0.25, -0.2) is 8.78 Å². The number of nitrogens with zero attached hydrogens (tertiary/aromatic N) is 1. The second kappa shape index (κ2) is 8.61. The molecular weight excluding hydrogens is 448 g/mol. The first-order valence-electron chi connectivity index (χ1n) is 10.5. The maximum atomic E-state index is 14.3. The minimum atomic E-state index is -0.531. The van der Waals surface area contributed by atoms with Crippen molar-refractivity contribution in [3.8, 4) is 11.5 Å². The molecule has 0 bridgehead atoms. The number of ether oxygens (including phenoxy) is 2. The molecule has 5 rings (SSSR count). The van der Waals surface area contributed by atoms with Gasteiger partial charge in [0.1, 0.15) is 29.9 Å². The molecule has 3 aromatic carbocycles. The van der Waals surface area contributed by atoms with Crippen LogP contribution in [0.25, 0.3) is 6.08 Å². The SMILES string of the molecule is Cc1cc2c(c3c1C(=O)/C(=C\c1c(F)cccc1Cl)O3)CN(CCc1ccc(F)cc1)CO2. The maximum Gasteiger partial charge on any atom is 0.232 e. The number of carbonyl (C=O) groups is 1. The van der Waals surface area contributed by atoms with Gasteiger partial charge in [0, 0.05) is 18.7 Å². The van der Waals surface area contributed by atoms with Crippen molar-refractivity contribution < 1.29 is 23.0 Å². The molecule has 7 heteroatoms. The van der Waals surface area contributed by atoms with Crippen LogP contribution in [0.15, 0.2) is 54.3 Å². The molecule has 33 heavy (non-hydrogen) atoms. The lowest BCUT2D eigenvalue weighted by Gasteiger charge is -2.30. The molecule has 2 aliphatic rings. The van der Waals surface area contributed by atoms with E-state index >= 15 is 0 Å². The molecule has 0 N–H and O–H groups in total. The lowest BCUT2D eigenvalue weighted by molar-refractivity contribution is 0.0949. The quantitative estimate of drug-likeness (QED) is 0.445. The number of Topliss-reactive ketones (excluding diaryl/α,β-unsaturated/α-hetero) is 1. The summed E-state index contributed by atoms with van der Waals surface area (Å²) in [5, 5.41) is 0.198. The number of halogens is 3. The van der Waals surface area contributed by atoms with E-state index in [4.69, 9.17) is 21.1 Å². The molecule has 2 heterocycles. The second-order valence-corrected chi connectivity index (χ2v) is 8.56. The number of hydrogen-bond acceptors (Lipinski definition) is 4. The van der Waals surface area contributed by atoms with Crippen molar-refractivity contribution in [3.05, 3.63) is 98.8 Å². The van der Waals surface area contributed by atoms with Crippen molar-refractivity contribution in [2.24, 2.45) is 0 Å². The van der Waals surface area contributed by atoms with Gasteiger partial charge in [-0.2, -0.15) is 0 Å². The first-order valence-corrected chi connectivity index (χ1v) is 10.9. The van der Waals surface area contributed by atoms with E-state index in [2.05, 4.69) is 4.90 Å². The van der Waals surface area contributed by atoms with Crippen molar-refractivity contribution in [1.29, 1.82) is 0 Å². The summed E-state index contributed by atoms with van der Waals surface area (Å²) in [5.74, 6) is 0.0334. The summed E-state index contributed by atoms with van der Waals surface area (Å²) in [7, 11) is 0. The Hall–Kier alpha value is -3.22. The molecule has 0 saturated heterocycles. The fourth-order valence-corrected chi connectivity index (χ4v) is 4.35. The third-order valence-electron chi connectivity index (χ3n) is 5.89. The van der Waals surface area contributed by atoms with Gasteiger partial charge in [0.25, 0.3) is 0 Å². The number of rotatable bonds is 4. The van der Waals surface area contributed by atoms with Gasteiger partial charge in [0.2, 0.25) is 5.78 Å². The van der Waals surface area contributed by atoms with Crippen molar-refractivity contribution >= 4 is 23.5 Å². The molecule has 0 fully saturated rings. The van der Waals surface area contributed by atoms with Crippen molar-refractivity contribution in [3.63, 3.8) is 0 Å². The lowest BCUT2D eigenvalue weighted by atomic mass is 9.98. The normalized spacial score (nSPS) is 16.4. The highest BCUT2D eigenvalue weighted by atomic mass is 35.5. The van der Waals surface area contributed by atoms with E-state index in [1.165, 1.54) is 30.3 Å². The Morgan fingerprint density at radius 1 is 1.15 bits per heavy atom. The molecule has 4 nitrogen and oxygen atoms in total. The number of aryl methyl sites for hydroxylation is 1. The second-order valence-electron chi connectivity index (χ2n) is 8.15. The van der Waals surface area contributed by atoms with Crippen LogP contribution in [0.3, 0.4) is 0 Å². The summed E-state index contributed by atoms with van der Waals surface area (Å²) in [6.45, 7) is 3.44. The molecule has 0 radical (unpaired) electrons. The standard InChI is InChI=1S/C26H20ClF2NO3/c1-15-11-22-19(13-30(14-32-22)10-9-16-5-7-17(28)8-6-16)26-24(15)25(31)23(33-26)12-18-20(27)3-2-4-21(18)29/h2-8,11-12H,9-10,13-14H2,1H3/b23-12+. The number of benzene rings is 3. The van der Waals surface area contributed by atoms with Crippen LogP contribution in [0.1, 0.15) is 32.6 Å². The average molecular weight is 468 g/mol. The molecule has 0 unspecified atom stereocenters. The van der Waals surface area contributed by atoms with Crippen LogP contribution in [0, 0.1) is 18.6 Å². The van der Waals surface area contributed by atoms with E-state index in [-0.39, 0.29) is 27.9 Å². The van der Waals surface area contributed by atoms with Gasteiger partial charge in [0.15, 0.2) is 5.76 Å². The Morgan fingerprint density at radius 3 is 2.70 bits per heavy atom.